The number of likely N-dealkylation sites (N-methyl/N-ethyl adjacent to an activating group) is 1. The summed E-state index contributed by atoms with van der Waals surface area (Å²) < 4.78 is 5.03. The molecule has 0 radical (unpaired) electrons. The van der Waals surface area contributed by atoms with Gasteiger partial charge in [-0.15, -0.1) is 0 Å². The molecule has 1 aliphatic carbocycles. The van der Waals surface area contributed by atoms with Crippen molar-refractivity contribution in [3.05, 3.63) is 29.3 Å². The van der Waals surface area contributed by atoms with E-state index in [1.165, 1.54) is 18.6 Å². The van der Waals surface area contributed by atoms with E-state index in [1.54, 1.807) is 18.0 Å². The summed E-state index contributed by atoms with van der Waals surface area (Å²) >= 11 is 0. The minimum atomic E-state index is -0.678. The summed E-state index contributed by atoms with van der Waals surface area (Å²) in [5, 5.41) is 9.74. The molecular weight excluding hydrogens is 282 g/mol. The van der Waals surface area contributed by atoms with Crippen LogP contribution in [0.3, 0.4) is 0 Å². The topological polar surface area (TPSA) is 66.8 Å². The number of nitrogens with zero attached hydrogens (tertiary/aromatic N) is 1. The second kappa shape index (κ2) is 7.29. The molecule has 1 fully saturated rings. The molecule has 5 heteroatoms. The molecule has 5 nitrogen and oxygen atoms in total. The maximum Gasteiger partial charge on any atom is 0.342 e. The number of benzene rings is 1. The fourth-order valence-corrected chi connectivity index (χ4v) is 2.79. The highest BCUT2D eigenvalue weighted by atomic mass is 16.5. The Hall–Kier alpha value is -2.04. The Kier molecular flexibility index (Phi) is 5.41. The smallest absolute Gasteiger partial charge is 0.342 e. The monoisotopic (exact) mass is 305 g/mol. The van der Waals surface area contributed by atoms with Crippen LogP contribution in [0.1, 0.15) is 48.0 Å². The van der Waals surface area contributed by atoms with Crippen LogP contribution in [0.2, 0.25) is 0 Å². The Balaban J connectivity index is 1.88. The van der Waals surface area contributed by atoms with Gasteiger partial charge in [-0.05, 0) is 37.5 Å². The van der Waals surface area contributed by atoms with Crippen LogP contribution in [0.25, 0.3) is 0 Å². The van der Waals surface area contributed by atoms with E-state index in [0.29, 0.717) is 0 Å². The Morgan fingerprint density at radius 3 is 2.59 bits per heavy atom. The number of hydrogen-bond donors (Lipinski definition) is 1. The summed E-state index contributed by atoms with van der Waals surface area (Å²) in [5.41, 5.74) is 0.931. The van der Waals surface area contributed by atoms with Gasteiger partial charge in [0.1, 0.15) is 11.3 Å². The Morgan fingerprint density at radius 2 is 1.95 bits per heavy atom. The number of aromatic hydroxyl groups is 1. The summed E-state index contributed by atoms with van der Waals surface area (Å²) in [6, 6.07) is 4.95. The van der Waals surface area contributed by atoms with Crippen LogP contribution >= 0.6 is 0 Å². The molecule has 0 saturated heterocycles. The first kappa shape index (κ1) is 16.3. The highest BCUT2D eigenvalue weighted by Crippen LogP contribution is 2.22. The van der Waals surface area contributed by atoms with E-state index in [1.807, 2.05) is 6.92 Å². The maximum atomic E-state index is 12.1. The quantitative estimate of drug-likeness (QED) is 0.868. The van der Waals surface area contributed by atoms with Crippen LogP contribution in [-0.4, -0.2) is 41.6 Å². The third kappa shape index (κ3) is 4.00. The molecule has 0 unspecified atom stereocenters. The van der Waals surface area contributed by atoms with Crippen molar-refractivity contribution in [1.82, 2.24) is 4.90 Å². The molecule has 1 aromatic carbocycles. The summed E-state index contributed by atoms with van der Waals surface area (Å²) in [5.74, 6) is -1.01. The van der Waals surface area contributed by atoms with Crippen molar-refractivity contribution in [3.8, 4) is 5.75 Å². The van der Waals surface area contributed by atoms with Crippen LogP contribution in [0.4, 0.5) is 0 Å². The van der Waals surface area contributed by atoms with Gasteiger partial charge in [0.15, 0.2) is 6.61 Å². The SMILES string of the molecule is Cc1ccc(C(=O)OCC(=O)N(C)C2CCCCC2)c(O)c1. The fraction of sp³-hybridized carbons (Fsp3) is 0.529. The molecule has 0 heterocycles. The lowest BCUT2D eigenvalue weighted by Gasteiger charge is -2.31. The second-order valence-corrected chi connectivity index (χ2v) is 5.89. The van der Waals surface area contributed by atoms with Gasteiger partial charge in [-0.1, -0.05) is 25.3 Å². The first-order chi connectivity index (χ1) is 10.5. The van der Waals surface area contributed by atoms with Gasteiger partial charge in [0.05, 0.1) is 0 Å². The molecule has 1 amide bonds. The van der Waals surface area contributed by atoms with Crippen molar-refractivity contribution >= 4 is 11.9 Å². The summed E-state index contributed by atoms with van der Waals surface area (Å²) in [6.45, 7) is 1.52. The Bertz CT molecular complexity index is 550. The van der Waals surface area contributed by atoms with Gasteiger partial charge in [0.2, 0.25) is 0 Å². The molecular formula is C17H23NO4. The zero-order valence-electron chi connectivity index (χ0n) is 13.2. The highest BCUT2D eigenvalue weighted by Gasteiger charge is 2.23. The average molecular weight is 305 g/mol. The molecule has 22 heavy (non-hydrogen) atoms. The fourth-order valence-electron chi connectivity index (χ4n) is 2.79. The minimum absolute atomic E-state index is 0.0821. The van der Waals surface area contributed by atoms with Gasteiger partial charge in [0.25, 0.3) is 5.91 Å². The minimum Gasteiger partial charge on any atom is -0.507 e. The number of esters is 1. The zero-order chi connectivity index (χ0) is 16.1. The van der Waals surface area contributed by atoms with Crippen LogP contribution in [0, 0.1) is 6.92 Å². The second-order valence-electron chi connectivity index (χ2n) is 5.89. The molecule has 1 saturated carbocycles. The van der Waals surface area contributed by atoms with Gasteiger partial charge in [-0.2, -0.15) is 0 Å². The molecule has 1 aromatic rings. The lowest BCUT2D eigenvalue weighted by atomic mass is 9.94. The van der Waals surface area contributed by atoms with Crippen LogP contribution < -0.4 is 0 Å². The molecule has 0 bridgehead atoms. The van der Waals surface area contributed by atoms with Gasteiger partial charge in [0, 0.05) is 13.1 Å². The van der Waals surface area contributed by atoms with Gasteiger partial charge in [-0.3, -0.25) is 4.79 Å². The van der Waals surface area contributed by atoms with Gasteiger partial charge in [-0.25, -0.2) is 4.79 Å². The average Bonchev–Trinajstić information content (AvgIpc) is 2.52. The van der Waals surface area contributed by atoms with Crippen LogP contribution in [-0.2, 0) is 9.53 Å². The van der Waals surface area contributed by atoms with Crippen molar-refractivity contribution in [1.29, 1.82) is 0 Å². The lowest BCUT2D eigenvalue weighted by Crippen LogP contribution is -2.40. The molecule has 0 aromatic heterocycles. The number of carbonyl (C=O) groups excluding carboxylic acids is 2. The first-order valence-electron chi connectivity index (χ1n) is 7.71. The summed E-state index contributed by atoms with van der Waals surface area (Å²) in [6.07, 6.45) is 5.52. The Labute approximate surface area is 130 Å². The van der Waals surface area contributed by atoms with E-state index in [9.17, 15) is 14.7 Å². The Morgan fingerprint density at radius 1 is 1.27 bits per heavy atom. The summed E-state index contributed by atoms with van der Waals surface area (Å²) in [4.78, 5) is 25.7. The van der Waals surface area contributed by atoms with Crippen LogP contribution in [0.5, 0.6) is 5.75 Å². The highest BCUT2D eigenvalue weighted by molar-refractivity contribution is 5.93. The van der Waals surface area contributed by atoms with Crippen LogP contribution in [0.15, 0.2) is 18.2 Å². The number of carbonyl (C=O) groups is 2. The summed E-state index contributed by atoms with van der Waals surface area (Å²) in [7, 11) is 1.76. The van der Waals surface area contributed by atoms with E-state index >= 15 is 0 Å². The molecule has 0 aliphatic heterocycles. The first-order valence-corrected chi connectivity index (χ1v) is 7.71. The van der Waals surface area contributed by atoms with Crippen molar-refractivity contribution in [3.63, 3.8) is 0 Å². The third-order valence-corrected chi connectivity index (χ3v) is 4.22. The number of phenolic OH excluding ortho intramolecular Hbond substituents is 1. The number of ether oxygens (including phenoxy) is 1. The van der Waals surface area contributed by atoms with Gasteiger partial charge < -0.3 is 14.7 Å². The third-order valence-electron chi connectivity index (χ3n) is 4.22. The van der Waals surface area contributed by atoms with Crippen molar-refractivity contribution < 1.29 is 19.4 Å². The molecule has 0 atom stereocenters. The molecule has 120 valence electrons. The number of aryl methyl sites for hydroxylation is 1. The number of hydrogen-bond acceptors (Lipinski definition) is 4. The lowest BCUT2D eigenvalue weighted by molar-refractivity contribution is -0.135. The predicted molar refractivity (Wildman–Crippen MR) is 82.8 cm³/mol. The van der Waals surface area contributed by atoms with E-state index in [0.717, 1.165) is 31.2 Å². The largest absolute Gasteiger partial charge is 0.507 e. The number of phenols is 1. The van der Waals surface area contributed by atoms with E-state index in [4.69, 9.17) is 4.74 Å². The molecule has 2 rings (SSSR count). The number of amides is 1. The normalized spacial score (nSPS) is 15.4. The standard InChI is InChI=1S/C17H23NO4/c1-12-8-9-14(15(19)10-12)17(21)22-11-16(20)18(2)13-6-4-3-5-7-13/h8-10,13,19H,3-7,11H2,1-2H3. The number of rotatable bonds is 4. The van der Waals surface area contributed by atoms with E-state index < -0.39 is 5.97 Å². The molecule has 1 aliphatic rings. The molecule has 0 spiro atoms. The maximum absolute atomic E-state index is 12.1. The zero-order valence-corrected chi connectivity index (χ0v) is 13.2. The van der Waals surface area contributed by atoms with E-state index in [2.05, 4.69) is 0 Å². The van der Waals surface area contributed by atoms with Crippen molar-refractivity contribution in [2.75, 3.05) is 13.7 Å². The van der Waals surface area contributed by atoms with Gasteiger partial charge >= 0.3 is 5.97 Å². The van der Waals surface area contributed by atoms with Crippen molar-refractivity contribution in [2.24, 2.45) is 0 Å². The predicted octanol–water partition coefficient (Wildman–Crippen LogP) is 2.65. The van der Waals surface area contributed by atoms with E-state index in [-0.39, 0.29) is 29.9 Å². The van der Waals surface area contributed by atoms with Crippen molar-refractivity contribution in [2.45, 2.75) is 45.1 Å². The molecule has 1 N–H and O–H groups in total.